The molecule has 0 bridgehead atoms. The van der Waals surface area contributed by atoms with E-state index in [4.69, 9.17) is 10.5 Å². The number of hydrogen-bond donors (Lipinski definition) is 1. The molecule has 6 heteroatoms. The standard InChI is InChI=1S/C26H23N5O/c1-32-20-9-5-8-19(12-20)24-23-15-31(14-18-6-3-2-4-7-18)11-10-21(23)22(13-27)25(30)26(24,16-28)17-29/h2-10,12,23-24H,11,14-15,30H2,1H3/t23-,24-/m0/s1. The zero-order valence-electron chi connectivity index (χ0n) is 17.8. The summed E-state index contributed by atoms with van der Waals surface area (Å²) in [5.41, 5.74) is 7.84. The fourth-order valence-corrected chi connectivity index (χ4v) is 4.92. The van der Waals surface area contributed by atoms with Crippen molar-refractivity contribution >= 4 is 0 Å². The molecule has 0 spiro atoms. The van der Waals surface area contributed by atoms with Crippen LogP contribution in [0, 0.1) is 45.3 Å². The van der Waals surface area contributed by atoms with Crippen molar-refractivity contribution < 1.29 is 4.74 Å². The highest BCUT2D eigenvalue weighted by Crippen LogP contribution is 2.54. The van der Waals surface area contributed by atoms with Crippen molar-refractivity contribution in [1.29, 1.82) is 15.8 Å². The molecular weight excluding hydrogens is 398 g/mol. The van der Waals surface area contributed by atoms with Crippen LogP contribution >= 0.6 is 0 Å². The van der Waals surface area contributed by atoms with E-state index >= 15 is 0 Å². The first-order valence-electron chi connectivity index (χ1n) is 10.4. The number of nitriles is 3. The van der Waals surface area contributed by atoms with Gasteiger partial charge in [-0.15, -0.1) is 0 Å². The molecule has 1 aliphatic carbocycles. The Morgan fingerprint density at radius 3 is 2.50 bits per heavy atom. The summed E-state index contributed by atoms with van der Waals surface area (Å²) in [5, 5.41) is 30.3. The van der Waals surface area contributed by atoms with Crippen LogP contribution in [0.25, 0.3) is 0 Å². The quantitative estimate of drug-likeness (QED) is 0.807. The summed E-state index contributed by atoms with van der Waals surface area (Å²) in [6, 6.07) is 24.1. The number of nitrogens with zero attached hydrogens (tertiary/aromatic N) is 4. The van der Waals surface area contributed by atoms with E-state index in [0.29, 0.717) is 18.8 Å². The number of rotatable bonds is 4. The minimum atomic E-state index is -1.64. The van der Waals surface area contributed by atoms with E-state index in [0.717, 1.165) is 17.7 Å². The van der Waals surface area contributed by atoms with Gasteiger partial charge in [0.15, 0.2) is 5.41 Å². The smallest absolute Gasteiger partial charge is 0.191 e. The summed E-state index contributed by atoms with van der Waals surface area (Å²) >= 11 is 0. The van der Waals surface area contributed by atoms with Crippen LogP contribution in [-0.2, 0) is 6.54 Å². The lowest BCUT2D eigenvalue weighted by atomic mass is 9.58. The molecule has 1 aliphatic heterocycles. The van der Waals surface area contributed by atoms with E-state index in [-0.39, 0.29) is 17.2 Å². The zero-order chi connectivity index (χ0) is 22.7. The summed E-state index contributed by atoms with van der Waals surface area (Å²) in [6.45, 7) is 2.00. The van der Waals surface area contributed by atoms with Crippen molar-refractivity contribution in [3.05, 3.63) is 88.6 Å². The first-order valence-corrected chi connectivity index (χ1v) is 10.4. The Morgan fingerprint density at radius 2 is 1.84 bits per heavy atom. The zero-order valence-corrected chi connectivity index (χ0v) is 17.8. The van der Waals surface area contributed by atoms with Gasteiger partial charge in [-0.05, 0) is 28.8 Å². The van der Waals surface area contributed by atoms with Gasteiger partial charge in [0.1, 0.15) is 11.8 Å². The Kier molecular flexibility index (Phi) is 5.69. The Morgan fingerprint density at radius 1 is 1.09 bits per heavy atom. The topological polar surface area (TPSA) is 110 Å². The highest BCUT2D eigenvalue weighted by molar-refractivity contribution is 5.59. The third-order valence-electron chi connectivity index (χ3n) is 6.44. The lowest BCUT2D eigenvalue weighted by Gasteiger charge is -2.45. The molecule has 2 atom stereocenters. The molecule has 2 aromatic rings. The fourth-order valence-electron chi connectivity index (χ4n) is 4.92. The fraction of sp³-hybridized carbons (Fsp3) is 0.269. The second-order valence-electron chi connectivity index (χ2n) is 8.13. The van der Waals surface area contributed by atoms with Crippen LogP contribution in [0.1, 0.15) is 17.0 Å². The van der Waals surface area contributed by atoms with Crippen LogP contribution in [0.3, 0.4) is 0 Å². The lowest BCUT2D eigenvalue weighted by Crippen LogP contribution is -2.47. The highest BCUT2D eigenvalue weighted by atomic mass is 16.5. The molecular formula is C26H23N5O. The van der Waals surface area contributed by atoms with Gasteiger partial charge in [0.25, 0.3) is 0 Å². The van der Waals surface area contributed by atoms with Crippen LogP contribution in [-0.4, -0.2) is 25.1 Å². The highest BCUT2D eigenvalue weighted by Gasteiger charge is 2.54. The molecule has 6 nitrogen and oxygen atoms in total. The number of fused-ring (bicyclic) bond motifs is 1. The third kappa shape index (κ3) is 3.40. The van der Waals surface area contributed by atoms with E-state index in [1.54, 1.807) is 7.11 Å². The third-order valence-corrected chi connectivity index (χ3v) is 6.44. The predicted molar refractivity (Wildman–Crippen MR) is 120 cm³/mol. The van der Waals surface area contributed by atoms with Gasteiger partial charge >= 0.3 is 0 Å². The van der Waals surface area contributed by atoms with Gasteiger partial charge in [-0.1, -0.05) is 48.5 Å². The van der Waals surface area contributed by atoms with Gasteiger partial charge in [-0.25, -0.2) is 0 Å². The number of methoxy groups -OCH3 is 1. The SMILES string of the molecule is COc1cccc([C@H]2[C@H]3CN(Cc4ccccc4)CC=C3C(C#N)=C(N)C2(C#N)C#N)c1. The Labute approximate surface area is 188 Å². The second kappa shape index (κ2) is 8.60. The summed E-state index contributed by atoms with van der Waals surface area (Å²) in [5.74, 6) is -0.126. The van der Waals surface area contributed by atoms with Crippen molar-refractivity contribution in [3.63, 3.8) is 0 Å². The molecule has 0 aromatic heterocycles. The van der Waals surface area contributed by atoms with E-state index in [1.807, 2.05) is 48.5 Å². The van der Waals surface area contributed by atoms with Gasteiger partial charge in [0.05, 0.1) is 30.5 Å². The van der Waals surface area contributed by atoms with Crippen molar-refractivity contribution in [2.75, 3.05) is 20.2 Å². The molecule has 2 aliphatic rings. The molecule has 1 heterocycles. The number of benzene rings is 2. The molecule has 0 unspecified atom stereocenters. The number of ether oxygens (including phenoxy) is 1. The monoisotopic (exact) mass is 421 g/mol. The van der Waals surface area contributed by atoms with Crippen LogP contribution in [0.5, 0.6) is 5.75 Å². The molecule has 2 N–H and O–H groups in total. The van der Waals surface area contributed by atoms with Gasteiger partial charge in [-0.3, -0.25) is 4.90 Å². The first kappa shape index (κ1) is 21.2. The summed E-state index contributed by atoms with van der Waals surface area (Å²) in [7, 11) is 1.58. The van der Waals surface area contributed by atoms with Crippen LogP contribution in [0.15, 0.2) is 77.5 Å². The average molecular weight is 422 g/mol. The molecule has 0 radical (unpaired) electrons. The average Bonchev–Trinajstić information content (AvgIpc) is 2.84. The van der Waals surface area contributed by atoms with Crippen molar-refractivity contribution in [2.45, 2.75) is 12.5 Å². The molecule has 158 valence electrons. The molecule has 4 rings (SSSR count). The molecule has 0 fully saturated rings. The molecule has 0 saturated carbocycles. The molecule has 0 saturated heterocycles. The van der Waals surface area contributed by atoms with E-state index in [9.17, 15) is 15.8 Å². The number of allylic oxidation sites excluding steroid dienone is 2. The van der Waals surface area contributed by atoms with Crippen molar-refractivity contribution in [1.82, 2.24) is 4.90 Å². The van der Waals surface area contributed by atoms with E-state index < -0.39 is 11.3 Å². The maximum absolute atomic E-state index is 10.2. The summed E-state index contributed by atoms with van der Waals surface area (Å²) in [6.07, 6.45) is 2.02. The number of hydrogen-bond acceptors (Lipinski definition) is 6. The Hall–Kier alpha value is -4.05. The Balaban J connectivity index is 1.85. The molecule has 32 heavy (non-hydrogen) atoms. The van der Waals surface area contributed by atoms with Gasteiger partial charge in [-0.2, -0.15) is 15.8 Å². The van der Waals surface area contributed by atoms with Crippen LogP contribution < -0.4 is 10.5 Å². The first-order chi connectivity index (χ1) is 15.6. The summed E-state index contributed by atoms with van der Waals surface area (Å²) < 4.78 is 5.40. The minimum absolute atomic E-state index is 0.0387. The minimum Gasteiger partial charge on any atom is -0.497 e. The van der Waals surface area contributed by atoms with Crippen molar-refractivity contribution in [2.24, 2.45) is 17.1 Å². The van der Waals surface area contributed by atoms with Crippen LogP contribution in [0.4, 0.5) is 0 Å². The maximum Gasteiger partial charge on any atom is 0.191 e. The van der Waals surface area contributed by atoms with Crippen LogP contribution in [0.2, 0.25) is 0 Å². The maximum atomic E-state index is 10.2. The normalized spacial score (nSPS) is 22.0. The molecule has 2 aromatic carbocycles. The molecule has 0 amide bonds. The Bertz CT molecular complexity index is 1200. The predicted octanol–water partition coefficient (Wildman–Crippen LogP) is 3.62. The van der Waals surface area contributed by atoms with Gasteiger partial charge in [0.2, 0.25) is 0 Å². The van der Waals surface area contributed by atoms with Crippen molar-refractivity contribution in [3.8, 4) is 24.0 Å². The summed E-state index contributed by atoms with van der Waals surface area (Å²) in [4.78, 5) is 2.27. The second-order valence-corrected chi connectivity index (χ2v) is 8.13. The van der Waals surface area contributed by atoms with Gasteiger partial charge in [0, 0.05) is 31.5 Å². The van der Waals surface area contributed by atoms with E-state index in [1.165, 1.54) is 5.56 Å². The van der Waals surface area contributed by atoms with E-state index in [2.05, 4.69) is 35.2 Å². The van der Waals surface area contributed by atoms with Gasteiger partial charge < -0.3 is 10.5 Å². The largest absolute Gasteiger partial charge is 0.497 e. The number of nitrogens with two attached hydrogens (primary N) is 1. The lowest BCUT2D eigenvalue weighted by molar-refractivity contribution is 0.201.